The van der Waals surface area contributed by atoms with E-state index in [1.165, 1.54) is 26.6 Å². The van der Waals surface area contributed by atoms with Crippen molar-refractivity contribution in [1.29, 1.82) is 0 Å². The molecular weight excluding hydrogens is 406 g/mol. The average molecular weight is 456 g/mol. The third kappa shape index (κ3) is 94.3. The number of aliphatic carboxylic acids is 2. The number of nitrogens with zero attached hydrogens (tertiary/aromatic N) is 3. The average Bonchev–Trinajstić information content (AvgIpc) is 2.55. The van der Waals surface area contributed by atoms with Gasteiger partial charge in [0.1, 0.15) is 0 Å². The zero-order chi connectivity index (χ0) is 25.1. The summed E-state index contributed by atoms with van der Waals surface area (Å²) < 4.78 is 3.21. The second-order valence-corrected chi connectivity index (χ2v) is 9.41. The van der Waals surface area contributed by atoms with Crippen LogP contribution in [0.3, 0.4) is 0 Å². The molecule has 0 atom stereocenters. The van der Waals surface area contributed by atoms with Gasteiger partial charge in [0, 0.05) is 0 Å². The van der Waals surface area contributed by atoms with E-state index in [0.717, 1.165) is 19.5 Å². The summed E-state index contributed by atoms with van der Waals surface area (Å²) in [5.74, 6) is -2.42. The molecule has 0 heterocycles. The standard InChI is InChI=1S/3C5H14N.C4H6O2.C3H4O2.ClH/c3*1-5-6(2,3)4;1-3(2)4(5)6;1-2-3(4)5;/h3*5H2,1-4H3;1H2,2H3,(H,5,6);2H,1H2,(H,4,5);1H/q3*+1;;;/p-3. The maximum atomic E-state index is 9.49. The van der Waals surface area contributed by atoms with E-state index in [2.05, 4.69) is 97.4 Å². The van der Waals surface area contributed by atoms with Crippen molar-refractivity contribution in [2.75, 3.05) is 83.1 Å². The lowest BCUT2D eigenvalue weighted by Crippen LogP contribution is -3.00. The molecule has 0 saturated heterocycles. The van der Waals surface area contributed by atoms with Crippen LogP contribution < -0.4 is 22.6 Å². The molecule has 30 heavy (non-hydrogen) atoms. The molecule has 0 spiro atoms. The summed E-state index contributed by atoms with van der Waals surface area (Å²) in [4.78, 5) is 18.6. The molecule has 0 unspecified atom stereocenters. The predicted octanol–water partition coefficient (Wildman–Crippen LogP) is -2.62. The number of carbonyl (C=O) groups excluding carboxylic acids is 2. The van der Waals surface area contributed by atoms with Crippen LogP contribution in [0.15, 0.2) is 24.8 Å². The van der Waals surface area contributed by atoms with Gasteiger partial charge in [-0.25, -0.2) is 0 Å². The van der Waals surface area contributed by atoms with E-state index in [1.807, 2.05) is 0 Å². The van der Waals surface area contributed by atoms with E-state index in [1.54, 1.807) is 0 Å². The van der Waals surface area contributed by atoms with Crippen LogP contribution in [0.5, 0.6) is 0 Å². The maximum absolute atomic E-state index is 9.49. The molecular formula is C22H50ClN3O4. The molecule has 8 heteroatoms. The molecule has 0 rings (SSSR count). The first-order chi connectivity index (χ1) is 12.6. The van der Waals surface area contributed by atoms with Crippen LogP contribution in [0.25, 0.3) is 0 Å². The second kappa shape index (κ2) is 22.3. The number of halogens is 1. The van der Waals surface area contributed by atoms with Crippen LogP contribution in [-0.4, -0.2) is 108 Å². The largest absolute Gasteiger partial charge is 1.00 e. The van der Waals surface area contributed by atoms with Gasteiger partial charge >= 0.3 is 0 Å². The van der Waals surface area contributed by atoms with Crippen molar-refractivity contribution in [2.45, 2.75) is 27.7 Å². The molecule has 0 aliphatic rings. The molecule has 0 aromatic carbocycles. The van der Waals surface area contributed by atoms with Gasteiger partial charge in [0.05, 0.1) is 95.0 Å². The summed E-state index contributed by atoms with van der Waals surface area (Å²) in [6.45, 7) is 17.5. The first kappa shape index (κ1) is 42.6. The highest BCUT2D eigenvalue weighted by Gasteiger charge is 1.98. The minimum Gasteiger partial charge on any atom is -1.00 e. The molecule has 0 radical (unpaired) electrons. The van der Waals surface area contributed by atoms with Gasteiger partial charge in [0.2, 0.25) is 0 Å². The number of hydrogen-bond donors (Lipinski definition) is 0. The third-order valence-corrected chi connectivity index (χ3v) is 3.36. The number of quaternary nitrogens is 3. The monoisotopic (exact) mass is 455 g/mol. The van der Waals surface area contributed by atoms with Gasteiger partial charge in [-0.3, -0.25) is 0 Å². The first-order valence-corrected chi connectivity index (χ1v) is 9.71. The molecule has 0 aliphatic carbocycles. The summed E-state index contributed by atoms with van der Waals surface area (Å²) >= 11 is 0. The highest BCUT2D eigenvalue weighted by molar-refractivity contribution is 5.82. The Balaban J connectivity index is -0.0000000596. The molecule has 184 valence electrons. The number of carboxylic acids is 2. The van der Waals surface area contributed by atoms with Crippen molar-refractivity contribution in [3.8, 4) is 0 Å². The molecule has 0 aromatic rings. The van der Waals surface area contributed by atoms with Crippen molar-refractivity contribution in [3.05, 3.63) is 24.8 Å². The highest BCUT2D eigenvalue weighted by Crippen LogP contribution is 1.84. The topological polar surface area (TPSA) is 80.3 Å². The van der Waals surface area contributed by atoms with Crippen LogP contribution in [0.1, 0.15) is 27.7 Å². The van der Waals surface area contributed by atoms with Crippen LogP contribution in [0.2, 0.25) is 0 Å². The van der Waals surface area contributed by atoms with E-state index in [9.17, 15) is 9.90 Å². The van der Waals surface area contributed by atoms with Gasteiger partial charge in [-0.15, -0.1) is 0 Å². The maximum Gasteiger partial charge on any atom is 0.0751 e. The number of hydrogen-bond acceptors (Lipinski definition) is 4. The van der Waals surface area contributed by atoms with Crippen molar-refractivity contribution in [3.63, 3.8) is 0 Å². The lowest BCUT2D eigenvalue weighted by atomic mass is 10.4. The fourth-order valence-electron chi connectivity index (χ4n) is 0. The second-order valence-electron chi connectivity index (χ2n) is 9.41. The Morgan fingerprint density at radius 1 is 0.733 bits per heavy atom. The van der Waals surface area contributed by atoms with Crippen LogP contribution in [-0.2, 0) is 9.59 Å². The van der Waals surface area contributed by atoms with Gasteiger partial charge in [0.25, 0.3) is 0 Å². The molecule has 7 nitrogen and oxygen atoms in total. The molecule has 0 fully saturated rings. The minimum absolute atomic E-state index is 0. The SMILES string of the molecule is C=C(C)C(=O)[O-].C=CC(=O)[O-].CC[N+](C)(C)C.CC[N+](C)(C)C.CC[N+](C)(C)C.[Cl-]. The highest BCUT2D eigenvalue weighted by atomic mass is 35.5. The van der Waals surface area contributed by atoms with Crippen LogP contribution in [0.4, 0.5) is 0 Å². The summed E-state index contributed by atoms with van der Waals surface area (Å²) in [7, 11) is 19.6. The zero-order valence-corrected chi connectivity index (χ0v) is 22.7. The van der Waals surface area contributed by atoms with E-state index in [4.69, 9.17) is 9.90 Å². The molecule has 0 bridgehead atoms. The van der Waals surface area contributed by atoms with Crippen LogP contribution in [0, 0.1) is 0 Å². The van der Waals surface area contributed by atoms with Crippen molar-refractivity contribution < 1.29 is 45.7 Å². The Kier molecular flexibility index (Phi) is 31.7. The van der Waals surface area contributed by atoms with E-state index in [-0.39, 0.29) is 18.0 Å². The molecule has 0 amide bonds. The Labute approximate surface area is 193 Å². The smallest absolute Gasteiger partial charge is 0.0751 e. The first-order valence-electron chi connectivity index (χ1n) is 9.71. The van der Waals surface area contributed by atoms with Crippen molar-refractivity contribution in [1.82, 2.24) is 0 Å². The fraction of sp³-hybridized carbons (Fsp3) is 0.727. The molecule has 0 aliphatic heterocycles. The van der Waals surface area contributed by atoms with Gasteiger partial charge in [-0.05, 0) is 39.3 Å². The van der Waals surface area contributed by atoms with Gasteiger partial charge < -0.3 is 45.7 Å². The summed E-state index contributed by atoms with van der Waals surface area (Å²) in [5, 5.41) is 18.6. The Bertz CT molecular complexity index is 401. The zero-order valence-electron chi connectivity index (χ0n) is 22.0. The summed E-state index contributed by atoms with van der Waals surface area (Å²) in [6, 6.07) is 0. The number of rotatable bonds is 5. The normalized spacial score (nSPS) is 9.77. The van der Waals surface area contributed by atoms with Gasteiger partial charge in [0.15, 0.2) is 0 Å². The van der Waals surface area contributed by atoms with Crippen molar-refractivity contribution >= 4 is 11.9 Å². The van der Waals surface area contributed by atoms with E-state index in [0.29, 0.717) is 0 Å². The number of carboxylic acid groups (broad SMARTS) is 2. The minimum atomic E-state index is -1.23. The predicted molar refractivity (Wildman–Crippen MR) is 121 cm³/mol. The van der Waals surface area contributed by atoms with Crippen molar-refractivity contribution in [2.24, 2.45) is 0 Å². The van der Waals surface area contributed by atoms with Crippen LogP contribution >= 0.6 is 0 Å². The molecule has 0 aromatic heterocycles. The third-order valence-electron chi connectivity index (χ3n) is 3.36. The Morgan fingerprint density at radius 3 is 0.833 bits per heavy atom. The molecule has 0 N–H and O–H groups in total. The quantitative estimate of drug-likeness (QED) is 0.335. The summed E-state index contributed by atoms with van der Waals surface area (Å²) in [6.07, 6.45) is 0.722. The Hall–Kier alpha value is -1.41. The van der Waals surface area contributed by atoms with E-state index >= 15 is 0 Å². The lowest BCUT2D eigenvalue weighted by Gasteiger charge is -2.20. The van der Waals surface area contributed by atoms with Gasteiger partial charge in [-0.2, -0.15) is 0 Å². The summed E-state index contributed by atoms with van der Waals surface area (Å²) in [5.41, 5.74) is 0.0648. The molecule has 0 saturated carbocycles. The fourth-order valence-corrected chi connectivity index (χ4v) is 0. The van der Waals surface area contributed by atoms with Gasteiger partial charge in [-0.1, -0.05) is 13.2 Å². The Morgan fingerprint density at radius 2 is 0.833 bits per heavy atom. The number of carbonyl (C=O) groups is 2. The lowest BCUT2D eigenvalue weighted by molar-refractivity contribution is -0.868. The van der Waals surface area contributed by atoms with E-state index < -0.39 is 11.9 Å².